The lowest BCUT2D eigenvalue weighted by Crippen LogP contribution is -2.11. The summed E-state index contributed by atoms with van der Waals surface area (Å²) in [6.07, 6.45) is 1.47. The van der Waals surface area contributed by atoms with Crippen molar-refractivity contribution in [3.05, 3.63) is 51.9 Å². The van der Waals surface area contributed by atoms with Gasteiger partial charge in [-0.25, -0.2) is 4.98 Å². The normalized spacial score (nSPS) is 10.3. The molecule has 0 aliphatic heterocycles. The van der Waals surface area contributed by atoms with Crippen LogP contribution in [0.4, 0.5) is 0 Å². The highest BCUT2D eigenvalue weighted by atomic mass is 32.2. The van der Waals surface area contributed by atoms with Crippen molar-refractivity contribution in [2.24, 2.45) is 5.73 Å². The zero-order valence-corrected chi connectivity index (χ0v) is 10.5. The van der Waals surface area contributed by atoms with Crippen LogP contribution in [0.1, 0.15) is 11.1 Å². The van der Waals surface area contributed by atoms with Crippen molar-refractivity contribution in [1.29, 1.82) is 5.41 Å². The molecule has 5 nitrogen and oxygen atoms in total. The second-order valence-electron chi connectivity index (χ2n) is 3.74. The number of hydrogen-bond donors (Lipinski definition) is 3. The standard InChI is InChI=1S/C12H12N4OS/c1-7-6-8(11(13)14)2-3-9(7)18-12-15-5-4-10(17)16-12/h2-6H,1H3,(H3,13,14)(H,15,16,17). The van der Waals surface area contributed by atoms with Crippen molar-refractivity contribution in [1.82, 2.24) is 9.97 Å². The average molecular weight is 260 g/mol. The Bertz CT molecular complexity index is 651. The van der Waals surface area contributed by atoms with Crippen LogP contribution in [0.5, 0.6) is 0 Å². The molecule has 2 rings (SSSR count). The molecule has 0 radical (unpaired) electrons. The zero-order chi connectivity index (χ0) is 13.1. The monoisotopic (exact) mass is 260 g/mol. The molecule has 0 saturated heterocycles. The summed E-state index contributed by atoms with van der Waals surface area (Å²) in [6, 6.07) is 6.85. The predicted octanol–water partition coefficient (Wildman–Crippen LogP) is 1.51. The molecule has 0 aliphatic carbocycles. The van der Waals surface area contributed by atoms with E-state index in [1.165, 1.54) is 24.0 Å². The molecule has 0 fully saturated rings. The van der Waals surface area contributed by atoms with Gasteiger partial charge in [-0.2, -0.15) is 0 Å². The number of hydrogen-bond acceptors (Lipinski definition) is 4. The Labute approximate surface area is 108 Å². The molecule has 0 spiro atoms. The summed E-state index contributed by atoms with van der Waals surface area (Å²) in [4.78, 5) is 18.8. The summed E-state index contributed by atoms with van der Waals surface area (Å²) in [6.45, 7) is 1.93. The molecular formula is C12H12N4OS. The van der Waals surface area contributed by atoms with Gasteiger partial charge in [-0.15, -0.1) is 0 Å². The van der Waals surface area contributed by atoms with Gasteiger partial charge in [0.15, 0.2) is 5.16 Å². The molecular weight excluding hydrogens is 248 g/mol. The van der Waals surface area contributed by atoms with Crippen molar-refractivity contribution in [2.75, 3.05) is 0 Å². The number of benzene rings is 1. The molecule has 1 aromatic heterocycles. The molecule has 92 valence electrons. The molecule has 0 amide bonds. The molecule has 1 heterocycles. The lowest BCUT2D eigenvalue weighted by molar-refractivity contribution is 0.936. The maximum Gasteiger partial charge on any atom is 0.251 e. The fraction of sp³-hybridized carbons (Fsp3) is 0.0833. The second kappa shape index (κ2) is 5.05. The van der Waals surface area contributed by atoms with Gasteiger partial charge in [-0.1, -0.05) is 17.8 Å². The van der Waals surface area contributed by atoms with Gasteiger partial charge in [0, 0.05) is 22.7 Å². The zero-order valence-electron chi connectivity index (χ0n) is 9.73. The van der Waals surface area contributed by atoms with Crippen LogP contribution in [-0.2, 0) is 0 Å². The lowest BCUT2D eigenvalue weighted by Gasteiger charge is -2.06. The summed E-state index contributed by atoms with van der Waals surface area (Å²) < 4.78 is 0. The molecule has 4 N–H and O–H groups in total. The minimum Gasteiger partial charge on any atom is -0.384 e. The van der Waals surface area contributed by atoms with E-state index in [2.05, 4.69) is 9.97 Å². The molecule has 1 aromatic carbocycles. The van der Waals surface area contributed by atoms with Crippen LogP contribution < -0.4 is 11.3 Å². The first-order chi connectivity index (χ1) is 8.56. The van der Waals surface area contributed by atoms with Crippen molar-refractivity contribution in [3.63, 3.8) is 0 Å². The number of aromatic nitrogens is 2. The lowest BCUT2D eigenvalue weighted by atomic mass is 10.1. The number of nitrogen functional groups attached to an aromatic ring is 1. The number of nitrogens with one attached hydrogen (secondary N) is 2. The van der Waals surface area contributed by atoms with Gasteiger partial charge in [0.05, 0.1) is 0 Å². The smallest absolute Gasteiger partial charge is 0.251 e. The van der Waals surface area contributed by atoms with E-state index in [0.29, 0.717) is 10.7 Å². The van der Waals surface area contributed by atoms with E-state index in [9.17, 15) is 4.79 Å². The Kier molecular flexibility index (Phi) is 3.47. The SMILES string of the molecule is Cc1cc(C(=N)N)ccc1Sc1nccc(=O)[nH]1. The van der Waals surface area contributed by atoms with E-state index in [4.69, 9.17) is 11.1 Å². The minimum atomic E-state index is -0.175. The van der Waals surface area contributed by atoms with Gasteiger partial charge in [0.2, 0.25) is 0 Å². The predicted molar refractivity (Wildman–Crippen MR) is 71.2 cm³/mol. The average Bonchev–Trinajstić information content (AvgIpc) is 2.31. The quantitative estimate of drug-likeness (QED) is 0.443. The van der Waals surface area contributed by atoms with Gasteiger partial charge in [0.1, 0.15) is 5.84 Å². The van der Waals surface area contributed by atoms with E-state index in [-0.39, 0.29) is 11.4 Å². The number of nitrogens with two attached hydrogens (primary N) is 1. The van der Waals surface area contributed by atoms with Gasteiger partial charge in [-0.05, 0) is 24.6 Å². The summed E-state index contributed by atoms with van der Waals surface area (Å²) in [5, 5.41) is 7.91. The molecule has 2 aromatic rings. The first-order valence-corrected chi connectivity index (χ1v) is 6.06. The van der Waals surface area contributed by atoms with Crippen molar-refractivity contribution in [2.45, 2.75) is 17.0 Å². The van der Waals surface area contributed by atoms with Crippen molar-refractivity contribution in [3.8, 4) is 0 Å². The second-order valence-corrected chi connectivity index (χ2v) is 4.77. The van der Waals surface area contributed by atoms with Crippen molar-refractivity contribution < 1.29 is 0 Å². The highest BCUT2D eigenvalue weighted by Gasteiger charge is 2.05. The Morgan fingerprint density at radius 1 is 1.44 bits per heavy atom. The number of H-pyrrole nitrogens is 1. The Balaban J connectivity index is 2.30. The number of aromatic amines is 1. The third-order valence-corrected chi connectivity index (χ3v) is 3.42. The molecule has 6 heteroatoms. The summed E-state index contributed by atoms with van der Waals surface area (Å²) in [5.41, 5.74) is 6.92. The van der Waals surface area contributed by atoms with E-state index in [1.54, 1.807) is 6.07 Å². The Morgan fingerprint density at radius 2 is 2.22 bits per heavy atom. The van der Waals surface area contributed by atoms with Gasteiger partial charge in [-0.3, -0.25) is 10.2 Å². The van der Waals surface area contributed by atoms with Crippen LogP contribution >= 0.6 is 11.8 Å². The van der Waals surface area contributed by atoms with Gasteiger partial charge < -0.3 is 10.7 Å². The summed E-state index contributed by atoms with van der Waals surface area (Å²) >= 11 is 1.37. The molecule has 0 atom stereocenters. The fourth-order valence-electron chi connectivity index (χ4n) is 1.44. The van der Waals surface area contributed by atoms with Gasteiger partial charge >= 0.3 is 0 Å². The van der Waals surface area contributed by atoms with Crippen LogP contribution in [0.25, 0.3) is 0 Å². The number of rotatable bonds is 3. The molecule has 0 saturated carbocycles. The first-order valence-electron chi connectivity index (χ1n) is 5.24. The molecule has 0 unspecified atom stereocenters. The largest absolute Gasteiger partial charge is 0.384 e. The van der Waals surface area contributed by atoms with E-state index in [1.807, 2.05) is 19.1 Å². The summed E-state index contributed by atoms with van der Waals surface area (Å²) in [5.74, 6) is 0.0425. The summed E-state index contributed by atoms with van der Waals surface area (Å²) in [7, 11) is 0. The first kappa shape index (κ1) is 12.4. The number of amidine groups is 1. The van der Waals surface area contributed by atoms with Gasteiger partial charge in [0.25, 0.3) is 5.56 Å². The van der Waals surface area contributed by atoms with Crippen LogP contribution in [0, 0.1) is 12.3 Å². The van der Waals surface area contributed by atoms with Crippen LogP contribution in [0.2, 0.25) is 0 Å². The molecule has 18 heavy (non-hydrogen) atoms. The van der Waals surface area contributed by atoms with Crippen LogP contribution in [-0.4, -0.2) is 15.8 Å². The van der Waals surface area contributed by atoms with E-state index in [0.717, 1.165) is 10.5 Å². The highest BCUT2D eigenvalue weighted by molar-refractivity contribution is 7.99. The van der Waals surface area contributed by atoms with Crippen molar-refractivity contribution >= 4 is 17.6 Å². The highest BCUT2D eigenvalue weighted by Crippen LogP contribution is 2.27. The van der Waals surface area contributed by atoms with E-state index < -0.39 is 0 Å². The third-order valence-electron chi connectivity index (χ3n) is 2.34. The fourth-order valence-corrected chi connectivity index (χ4v) is 2.27. The topological polar surface area (TPSA) is 95.6 Å². The molecule has 0 bridgehead atoms. The number of aryl methyl sites for hydroxylation is 1. The third kappa shape index (κ3) is 2.78. The van der Waals surface area contributed by atoms with Crippen LogP contribution in [0.3, 0.4) is 0 Å². The van der Waals surface area contributed by atoms with Crippen LogP contribution in [0.15, 0.2) is 45.3 Å². The Hall–Kier alpha value is -2.08. The Morgan fingerprint density at radius 3 is 2.83 bits per heavy atom. The maximum absolute atomic E-state index is 11.2. The molecule has 0 aliphatic rings. The minimum absolute atomic E-state index is 0.0425. The number of nitrogens with zero attached hydrogens (tertiary/aromatic N) is 1. The maximum atomic E-state index is 11.2. The van der Waals surface area contributed by atoms with E-state index >= 15 is 0 Å².